The predicted molar refractivity (Wildman–Crippen MR) is 59.6 cm³/mol. The van der Waals surface area contributed by atoms with E-state index in [4.69, 9.17) is 9.47 Å². The molecule has 15 heavy (non-hydrogen) atoms. The molecule has 1 aromatic carbocycles. The van der Waals surface area contributed by atoms with E-state index in [9.17, 15) is 0 Å². The van der Waals surface area contributed by atoms with E-state index in [0.29, 0.717) is 6.61 Å². The van der Waals surface area contributed by atoms with Crippen LogP contribution >= 0.6 is 0 Å². The molecule has 2 unspecified atom stereocenters. The van der Waals surface area contributed by atoms with Crippen LogP contribution in [-0.2, 0) is 16.1 Å². The van der Waals surface area contributed by atoms with Crippen molar-refractivity contribution in [2.24, 2.45) is 0 Å². The summed E-state index contributed by atoms with van der Waals surface area (Å²) in [7, 11) is 0. The van der Waals surface area contributed by atoms with Crippen molar-refractivity contribution in [2.45, 2.75) is 45.2 Å². The van der Waals surface area contributed by atoms with E-state index in [-0.39, 0.29) is 17.8 Å². The number of ether oxygens (including phenoxy) is 2. The smallest absolute Gasteiger partial charge is 0.113 e. The molecule has 2 rings (SSSR count). The Morgan fingerprint density at radius 1 is 1.33 bits per heavy atom. The maximum atomic E-state index is 5.76. The zero-order valence-electron chi connectivity index (χ0n) is 9.57. The van der Waals surface area contributed by atoms with Gasteiger partial charge < -0.3 is 9.47 Å². The molecule has 1 aliphatic rings. The lowest BCUT2D eigenvalue weighted by atomic mass is 10.1. The summed E-state index contributed by atoms with van der Waals surface area (Å²) in [6, 6.07) is 10.2. The number of rotatable bonds is 4. The van der Waals surface area contributed by atoms with E-state index in [1.165, 1.54) is 5.56 Å². The second-order valence-corrected chi connectivity index (χ2v) is 4.64. The summed E-state index contributed by atoms with van der Waals surface area (Å²) in [5, 5.41) is 0. The van der Waals surface area contributed by atoms with Crippen LogP contribution in [0.2, 0.25) is 0 Å². The van der Waals surface area contributed by atoms with Gasteiger partial charge in [-0.2, -0.15) is 0 Å². The second-order valence-electron chi connectivity index (χ2n) is 4.64. The number of hydrogen-bond acceptors (Lipinski definition) is 2. The van der Waals surface area contributed by atoms with Crippen LogP contribution in [0, 0.1) is 0 Å². The fraction of sp³-hybridized carbons (Fsp3) is 0.538. The van der Waals surface area contributed by atoms with Crippen LogP contribution in [0.3, 0.4) is 0 Å². The average Bonchev–Trinajstić information content (AvgIpc) is 2.86. The summed E-state index contributed by atoms with van der Waals surface area (Å²) >= 11 is 0. The van der Waals surface area contributed by atoms with Crippen LogP contribution in [-0.4, -0.2) is 17.8 Å². The lowest BCUT2D eigenvalue weighted by molar-refractivity contribution is 0.0339. The number of hydrogen-bond donors (Lipinski definition) is 0. The molecule has 2 nitrogen and oxygen atoms in total. The van der Waals surface area contributed by atoms with Crippen LogP contribution in [0.5, 0.6) is 0 Å². The molecule has 0 radical (unpaired) electrons. The molecular formula is C13H18O2. The highest BCUT2D eigenvalue weighted by molar-refractivity contribution is 5.13. The molecule has 1 heterocycles. The van der Waals surface area contributed by atoms with E-state index in [0.717, 1.165) is 0 Å². The second kappa shape index (κ2) is 3.95. The molecule has 82 valence electrons. The van der Waals surface area contributed by atoms with Gasteiger partial charge in [-0.1, -0.05) is 30.3 Å². The van der Waals surface area contributed by atoms with Gasteiger partial charge in [-0.3, -0.25) is 0 Å². The minimum atomic E-state index is 0.0100. The van der Waals surface area contributed by atoms with Crippen LogP contribution in [0.15, 0.2) is 30.3 Å². The van der Waals surface area contributed by atoms with Gasteiger partial charge in [0.05, 0.1) is 18.3 Å². The molecule has 0 aliphatic carbocycles. The summed E-state index contributed by atoms with van der Waals surface area (Å²) in [5.74, 6) is 0. The Bertz CT molecular complexity index is 319. The SMILES string of the molecule is CC(OCc1ccccc1)C1OC1(C)C. The molecule has 0 aromatic heterocycles. The quantitative estimate of drug-likeness (QED) is 0.706. The molecule has 1 saturated heterocycles. The van der Waals surface area contributed by atoms with Crippen molar-refractivity contribution in [3.63, 3.8) is 0 Å². The molecule has 2 atom stereocenters. The van der Waals surface area contributed by atoms with Crippen molar-refractivity contribution in [1.29, 1.82) is 0 Å². The minimum Gasteiger partial charge on any atom is -0.371 e. The fourth-order valence-corrected chi connectivity index (χ4v) is 1.84. The van der Waals surface area contributed by atoms with Crippen molar-refractivity contribution in [2.75, 3.05) is 0 Å². The predicted octanol–water partition coefficient (Wildman–Crippen LogP) is 2.77. The Morgan fingerprint density at radius 2 is 1.93 bits per heavy atom. The third-order valence-electron chi connectivity index (χ3n) is 2.84. The van der Waals surface area contributed by atoms with E-state index in [2.05, 4.69) is 32.9 Å². The monoisotopic (exact) mass is 206 g/mol. The van der Waals surface area contributed by atoms with Crippen molar-refractivity contribution in [1.82, 2.24) is 0 Å². The van der Waals surface area contributed by atoms with E-state index in [1.54, 1.807) is 0 Å². The normalized spacial score (nSPS) is 24.9. The zero-order chi connectivity index (χ0) is 10.9. The number of benzene rings is 1. The molecule has 0 bridgehead atoms. The van der Waals surface area contributed by atoms with E-state index in [1.807, 2.05) is 18.2 Å². The molecule has 2 heteroatoms. The van der Waals surface area contributed by atoms with Gasteiger partial charge in [-0.25, -0.2) is 0 Å². The highest BCUT2D eigenvalue weighted by atomic mass is 16.6. The van der Waals surface area contributed by atoms with Gasteiger partial charge in [0.1, 0.15) is 6.10 Å². The Balaban J connectivity index is 1.80. The van der Waals surface area contributed by atoms with Crippen LogP contribution in [0.25, 0.3) is 0 Å². The molecule has 0 amide bonds. The molecule has 1 aliphatic heterocycles. The Morgan fingerprint density at radius 3 is 2.47 bits per heavy atom. The van der Waals surface area contributed by atoms with Crippen molar-refractivity contribution >= 4 is 0 Å². The van der Waals surface area contributed by atoms with Gasteiger partial charge in [0, 0.05) is 0 Å². The summed E-state index contributed by atoms with van der Waals surface area (Å²) in [5.41, 5.74) is 1.22. The van der Waals surface area contributed by atoms with Gasteiger partial charge in [0.15, 0.2) is 0 Å². The van der Waals surface area contributed by atoms with Gasteiger partial charge in [-0.05, 0) is 26.3 Å². The van der Waals surface area contributed by atoms with Gasteiger partial charge >= 0.3 is 0 Å². The molecule has 1 aromatic rings. The van der Waals surface area contributed by atoms with Gasteiger partial charge in [0.25, 0.3) is 0 Å². The topological polar surface area (TPSA) is 21.8 Å². The Kier molecular flexibility index (Phi) is 2.81. The third-order valence-corrected chi connectivity index (χ3v) is 2.84. The van der Waals surface area contributed by atoms with Crippen LogP contribution in [0.1, 0.15) is 26.3 Å². The first kappa shape index (κ1) is 10.7. The highest BCUT2D eigenvalue weighted by Gasteiger charge is 2.51. The summed E-state index contributed by atoms with van der Waals surface area (Å²) in [4.78, 5) is 0. The largest absolute Gasteiger partial charge is 0.371 e. The Hall–Kier alpha value is -0.860. The highest BCUT2D eigenvalue weighted by Crippen LogP contribution is 2.38. The lowest BCUT2D eigenvalue weighted by Gasteiger charge is -2.11. The minimum absolute atomic E-state index is 0.0100. The van der Waals surface area contributed by atoms with E-state index < -0.39 is 0 Å². The van der Waals surface area contributed by atoms with Crippen molar-refractivity contribution < 1.29 is 9.47 Å². The first-order valence-electron chi connectivity index (χ1n) is 5.43. The van der Waals surface area contributed by atoms with Crippen LogP contribution in [0.4, 0.5) is 0 Å². The summed E-state index contributed by atoms with van der Waals surface area (Å²) in [6.45, 7) is 6.93. The molecule has 0 spiro atoms. The standard InChI is InChI=1S/C13H18O2/c1-10(12-13(2,3)15-12)14-9-11-7-5-4-6-8-11/h4-8,10,12H,9H2,1-3H3. The maximum absolute atomic E-state index is 5.76. The average molecular weight is 206 g/mol. The molecule has 0 N–H and O–H groups in total. The molecule has 0 saturated carbocycles. The van der Waals surface area contributed by atoms with Crippen molar-refractivity contribution in [3.8, 4) is 0 Å². The zero-order valence-corrected chi connectivity index (χ0v) is 9.57. The third kappa shape index (κ3) is 2.58. The first-order valence-corrected chi connectivity index (χ1v) is 5.43. The van der Waals surface area contributed by atoms with E-state index >= 15 is 0 Å². The van der Waals surface area contributed by atoms with Gasteiger partial charge in [-0.15, -0.1) is 0 Å². The maximum Gasteiger partial charge on any atom is 0.113 e. The Labute approximate surface area is 91.2 Å². The van der Waals surface area contributed by atoms with Crippen molar-refractivity contribution in [3.05, 3.63) is 35.9 Å². The number of epoxide rings is 1. The molecule has 1 fully saturated rings. The van der Waals surface area contributed by atoms with Crippen LogP contribution < -0.4 is 0 Å². The lowest BCUT2D eigenvalue weighted by Crippen LogP contribution is -2.20. The fourth-order valence-electron chi connectivity index (χ4n) is 1.84. The molecular weight excluding hydrogens is 188 g/mol. The summed E-state index contributed by atoms with van der Waals surface area (Å²) < 4.78 is 11.3. The van der Waals surface area contributed by atoms with Gasteiger partial charge in [0.2, 0.25) is 0 Å². The summed E-state index contributed by atoms with van der Waals surface area (Å²) in [6.07, 6.45) is 0.418. The first-order chi connectivity index (χ1) is 7.09.